The molecule has 0 saturated carbocycles. The van der Waals surface area contributed by atoms with Crippen LogP contribution in [0.15, 0.2) is 194 Å². The Balaban J connectivity index is 1.10. The van der Waals surface area contributed by atoms with Crippen LogP contribution in [0.4, 0.5) is 17.1 Å². The summed E-state index contributed by atoms with van der Waals surface area (Å²) in [6.07, 6.45) is 0. The molecule has 0 aliphatic rings. The lowest BCUT2D eigenvalue weighted by molar-refractivity contribution is 1.18. The summed E-state index contributed by atoms with van der Waals surface area (Å²) in [5.41, 5.74) is 9.53. The highest BCUT2D eigenvalue weighted by molar-refractivity contribution is 6.34. The predicted octanol–water partition coefficient (Wildman–Crippen LogP) is 14.0. The third-order valence-electron chi connectivity index (χ3n) is 10.9. The van der Waals surface area contributed by atoms with Gasteiger partial charge in [-0.2, -0.15) is 0 Å². The third-order valence-corrected chi connectivity index (χ3v) is 10.9. The van der Waals surface area contributed by atoms with E-state index in [1.807, 2.05) is 0 Å². The summed E-state index contributed by atoms with van der Waals surface area (Å²) in [6.45, 7) is 0. The van der Waals surface area contributed by atoms with E-state index in [4.69, 9.17) is 0 Å². The fourth-order valence-electron chi connectivity index (χ4n) is 8.63. The molecule has 0 aliphatic heterocycles. The van der Waals surface area contributed by atoms with E-state index in [0.717, 1.165) is 11.4 Å². The van der Waals surface area contributed by atoms with E-state index in [1.54, 1.807) is 0 Å². The first kappa shape index (κ1) is 28.9. The number of fused-ring (bicyclic) bond motifs is 5. The quantitative estimate of drug-likeness (QED) is 0.167. The maximum absolute atomic E-state index is 2.42. The summed E-state index contributed by atoms with van der Waals surface area (Å²) in [5, 5.41) is 12.8. The van der Waals surface area contributed by atoms with Crippen molar-refractivity contribution in [3.8, 4) is 16.8 Å². The van der Waals surface area contributed by atoms with Gasteiger partial charge < -0.3 is 9.47 Å². The van der Waals surface area contributed by atoms with Crippen molar-refractivity contribution in [3.05, 3.63) is 194 Å². The van der Waals surface area contributed by atoms with Crippen LogP contribution in [0.5, 0.6) is 0 Å². The summed E-state index contributed by atoms with van der Waals surface area (Å²) in [6, 6.07) is 70.8. The van der Waals surface area contributed by atoms with E-state index in [2.05, 4.69) is 204 Å². The second-order valence-corrected chi connectivity index (χ2v) is 13.7. The van der Waals surface area contributed by atoms with Crippen molar-refractivity contribution in [1.29, 1.82) is 0 Å². The van der Waals surface area contributed by atoms with Crippen molar-refractivity contribution in [2.45, 2.75) is 0 Å². The van der Waals surface area contributed by atoms with Gasteiger partial charge in [0.15, 0.2) is 0 Å². The molecule has 0 aliphatic carbocycles. The van der Waals surface area contributed by atoms with Crippen molar-refractivity contribution < 1.29 is 0 Å². The largest absolute Gasteiger partial charge is 0.310 e. The minimum absolute atomic E-state index is 1.13. The van der Waals surface area contributed by atoms with Crippen LogP contribution in [0.2, 0.25) is 0 Å². The van der Waals surface area contributed by atoms with Crippen molar-refractivity contribution in [1.82, 2.24) is 4.57 Å². The van der Waals surface area contributed by atoms with E-state index in [9.17, 15) is 0 Å². The Labute approximate surface area is 301 Å². The maximum Gasteiger partial charge on any atom is 0.0553 e. The number of benzene rings is 10. The van der Waals surface area contributed by atoms with Crippen molar-refractivity contribution >= 4 is 82.0 Å². The average molecular weight is 661 g/mol. The van der Waals surface area contributed by atoms with Gasteiger partial charge in [0.1, 0.15) is 0 Å². The number of rotatable bonds is 5. The number of nitrogens with zero attached hydrogens (tertiary/aromatic N) is 2. The average Bonchev–Trinajstić information content (AvgIpc) is 3.55. The van der Waals surface area contributed by atoms with Gasteiger partial charge in [0.25, 0.3) is 0 Å². The molecule has 1 aromatic heterocycles. The molecule has 1 heterocycles. The molecular weight excluding hydrogens is 629 g/mol. The van der Waals surface area contributed by atoms with Gasteiger partial charge in [-0.1, -0.05) is 140 Å². The summed E-state index contributed by atoms with van der Waals surface area (Å²) >= 11 is 0. The normalized spacial score (nSPS) is 11.8. The van der Waals surface area contributed by atoms with Gasteiger partial charge in [0.05, 0.1) is 16.7 Å². The van der Waals surface area contributed by atoms with E-state index < -0.39 is 0 Å². The minimum atomic E-state index is 1.13. The highest BCUT2D eigenvalue weighted by Gasteiger charge is 2.20. The first-order valence-electron chi connectivity index (χ1n) is 17.9. The molecule has 0 bridgehead atoms. The molecule has 0 spiro atoms. The van der Waals surface area contributed by atoms with Gasteiger partial charge in [-0.05, 0) is 103 Å². The fraction of sp³-hybridized carbons (Fsp3) is 0. The van der Waals surface area contributed by atoms with Crippen LogP contribution in [0.25, 0.3) is 81.7 Å². The first-order chi connectivity index (χ1) is 25.8. The molecule has 0 fully saturated rings. The molecule has 0 N–H and O–H groups in total. The monoisotopic (exact) mass is 660 g/mol. The van der Waals surface area contributed by atoms with E-state index >= 15 is 0 Å². The molecule has 0 saturated heterocycles. The predicted molar refractivity (Wildman–Crippen MR) is 222 cm³/mol. The van der Waals surface area contributed by atoms with Crippen LogP contribution in [0.3, 0.4) is 0 Å². The number of anilines is 3. The summed E-state index contributed by atoms with van der Waals surface area (Å²) in [4.78, 5) is 2.37. The summed E-state index contributed by atoms with van der Waals surface area (Å²) < 4.78 is 2.42. The summed E-state index contributed by atoms with van der Waals surface area (Å²) in [5.74, 6) is 0. The number of hydrogen-bond acceptors (Lipinski definition) is 1. The molecule has 0 radical (unpaired) electrons. The van der Waals surface area contributed by atoms with E-state index in [0.29, 0.717) is 0 Å². The Bertz CT molecular complexity index is 3100. The van der Waals surface area contributed by atoms with Gasteiger partial charge in [0.2, 0.25) is 0 Å². The summed E-state index contributed by atoms with van der Waals surface area (Å²) in [7, 11) is 0. The highest BCUT2D eigenvalue weighted by Crippen LogP contribution is 2.46. The lowest BCUT2D eigenvalue weighted by Crippen LogP contribution is -2.10. The van der Waals surface area contributed by atoms with Crippen LogP contribution in [-0.4, -0.2) is 4.57 Å². The zero-order valence-corrected chi connectivity index (χ0v) is 28.4. The SMILES string of the molecule is c1ccc(N(c2ccc(-c3ccc4ccc5c6c(ccc3c46)cc3c5c4ccccc4n3-c3ccccc3)cc2)c2cccc3ccccc23)cc1. The third kappa shape index (κ3) is 4.25. The maximum atomic E-state index is 2.42. The van der Waals surface area contributed by atoms with E-state index in [-0.39, 0.29) is 0 Å². The van der Waals surface area contributed by atoms with Gasteiger partial charge >= 0.3 is 0 Å². The van der Waals surface area contributed by atoms with Gasteiger partial charge in [-0.15, -0.1) is 0 Å². The standard InChI is InChI=1S/C50H32N2/c1-3-14-37(15-4-1)51(45-21-11-13-33-12-7-8-18-41(33)45)39-27-22-34(23-28-39)40-29-24-35-25-31-44-49-36(26-30-42(40)48(35)49)32-47-50(44)43-19-9-10-20-46(43)52(47)38-16-5-2-6-17-38/h1-32H. The molecule has 0 unspecified atom stereocenters. The molecule has 2 heteroatoms. The Morgan fingerprint density at radius 1 is 0.346 bits per heavy atom. The van der Waals surface area contributed by atoms with Gasteiger partial charge in [-0.3, -0.25) is 0 Å². The molecule has 10 aromatic carbocycles. The lowest BCUT2D eigenvalue weighted by atomic mass is 9.88. The Kier molecular flexibility index (Phi) is 6.28. The molecule has 0 atom stereocenters. The van der Waals surface area contributed by atoms with Crippen LogP contribution in [0, 0.1) is 0 Å². The smallest absolute Gasteiger partial charge is 0.0553 e. The molecule has 11 rings (SSSR count). The topological polar surface area (TPSA) is 8.17 Å². The highest BCUT2D eigenvalue weighted by atomic mass is 15.1. The number of hydrogen-bond donors (Lipinski definition) is 0. The minimum Gasteiger partial charge on any atom is -0.310 e. The zero-order chi connectivity index (χ0) is 34.2. The van der Waals surface area contributed by atoms with Crippen LogP contribution in [-0.2, 0) is 0 Å². The van der Waals surface area contributed by atoms with Gasteiger partial charge in [-0.25, -0.2) is 0 Å². The molecule has 52 heavy (non-hydrogen) atoms. The van der Waals surface area contributed by atoms with E-state index in [1.165, 1.54) is 87.4 Å². The fourth-order valence-corrected chi connectivity index (χ4v) is 8.63. The Hall–Kier alpha value is -6.90. The van der Waals surface area contributed by atoms with Crippen molar-refractivity contribution in [2.75, 3.05) is 4.90 Å². The Morgan fingerprint density at radius 3 is 1.83 bits per heavy atom. The van der Waals surface area contributed by atoms with Gasteiger partial charge in [0, 0.05) is 33.2 Å². The first-order valence-corrected chi connectivity index (χ1v) is 17.9. The molecule has 0 amide bonds. The number of para-hydroxylation sites is 3. The van der Waals surface area contributed by atoms with Crippen LogP contribution < -0.4 is 4.90 Å². The van der Waals surface area contributed by atoms with Crippen LogP contribution >= 0.6 is 0 Å². The van der Waals surface area contributed by atoms with Crippen molar-refractivity contribution in [2.24, 2.45) is 0 Å². The Morgan fingerprint density at radius 2 is 0.981 bits per heavy atom. The second-order valence-electron chi connectivity index (χ2n) is 13.7. The number of aromatic nitrogens is 1. The molecule has 11 aromatic rings. The second kappa shape index (κ2) is 11.3. The molecule has 2 nitrogen and oxygen atoms in total. The molecular formula is C50H32N2. The zero-order valence-electron chi connectivity index (χ0n) is 28.4. The lowest BCUT2D eigenvalue weighted by Gasteiger charge is -2.27. The van der Waals surface area contributed by atoms with Crippen molar-refractivity contribution in [3.63, 3.8) is 0 Å². The molecule has 242 valence electrons. The van der Waals surface area contributed by atoms with Crippen LogP contribution in [0.1, 0.15) is 0 Å².